The van der Waals surface area contributed by atoms with Crippen molar-refractivity contribution in [2.24, 2.45) is 4.99 Å². The highest BCUT2D eigenvalue weighted by atomic mass is 127. The van der Waals surface area contributed by atoms with Gasteiger partial charge in [0.05, 0.1) is 13.1 Å². The van der Waals surface area contributed by atoms with Crippen molar-refractivity contribution >= 4 is 41.5 Å². The maximum Gasteiger partial charge on any atom is 0.191 e. The van der Waals surface area contributed by atoms with E-state index in [1.54, 1.807) is 0 Å². The van der Waals surface area contributed by atoms with Crippen molar-refractivity contribution in [1.29, 1.82) is 0 Å². The number of aromatic nitrogens is 3. The molecule has 164 valence electrons. The highest BCUT2D eigenvalue weighted by Gasteiger charge is 2.44. The van der Waals surface area contributed by atoms with Crippen LogP contribution in [0, 0.1) is 0 Å². The van der Waals surface area contributed by atoms with Crippen LogP contribution in [0.1, 0.15) is 63.2 Å². The molecule has 30 heavy (non-hydrogen) atoms. The molecule has 1 unspecified atom stereocenters. The summed E-state index contributed by atoms with van der Waals surface area (Å²) in [5.41, 5.74) is 1.45. The lowest BCUT2D eigenvalue weighted by atomic mass is 9.96. The van der Waals surface area contributed by atoms with E-state index in [0.717, 1.165) is 55.1 Å². The molecule has 4 rings (SSSR count). The van der Waals surface area contributed by atoms with Gasteiger partial charge in [-0.3, -0.25) is 4.99 Å². The Labute approximate surface area is 201 Å². The van der Waals surface area contributed by atoms with Crippen LogP contribution < -0.4 is 10.6 Å². The molecule has 8 heteroatoms. The summed E-state index contributed by atoms with van der Waals surface area (Å²) in [5, 5.41) is 12.5. The molecular weight excluding hydrogens is 511 g/mol. The number of nitrogens with one attached hydrogen (secondary N) is 2. The van der Waals surface area contributed by atoms with Crippen LogP contribution >= 0.6 is 35.6 Å². The summed E-state index contributed by atoms with van der Waals surface area (Å²) < 4.78 is 2.06. The van der Waals surface area contributed by atoms with E-state index >= 15 is 0 Å². The van der Waals surface area contributed by atoms with Gasteiger partial charge in [0.15, 0.2) is 11.8 Å². The molecule has 1 aliphatic heterocycles. The molecule has 0 saturated heterocycles. The van der Waals surface area contributed by atoms with Gasteiger partial charge < -0.3 is 10.6 Å². The Morgan fingerprint density at radius 2 is 2.17 bits per heavy atom. The number of aliphatic imine (C=N–C) groups is 1. The van der Waals surface area contributed by atoms with Crippen molar-refractivity contribution in [3.8, 4) is 0 Å². The molecule has 0 spiro atoms. The lowest BCUT2D eigenvalue weighted by molar-refractivity contribution is 0.391. The zero-order valence-corrected chi connectivity index (χ0v) is 21.1. The summed E-state index contributed by atoms with van der Waals surface area (Å²) in [6, 6.07) is 8.54. The monoisotopic (exact) mass is 542 g/mol. The molecule has 1 aromatic carbocycles. The molecule has 2 aromatic rings. The van der Waals surface area contributed by atoms with Crippen LogP contribution in [-0.2, 0) is 18.4 Å². The highest BCUT2D eigenvalue weighted by Crippen LogP contribution is 2.48. The first kappa shape index (κ1) is 23.3. The topological polar surface area (TPSA) is 67.1 Å². The third-order valence-corrected chi connectivity index (χ3v) is 6.14. The van der Waals surface area contributed by atoms with Gasteiger partial charge in [-0.2, -0.15) is 5.10 Å². The van der Waals surface area contributed by atoms with Gasteiger partial charge in [-0.15, -0.1) is 24.0 Å². The number of rotatable bonds is 6. The van der Waals surface area contributed by atoms with E-state index in [-0.39, 0.29) is 29.4 Å². The van der Waals surface area contributed by atoms with Crippen LogP contribution in [0.5, 0.6) is 0 Å². The number of nitrogens with zero attached hydrogens (tertiary/aromatic N) is 4. The minimum absolute atomic E-state index is 0. The third-order valence-electron chi connectivity index (χ3n) is 5.91. The van der Waals surface area contributed by atoms with Gasteiger partial charge in [0.2, 0.25) is 0 Å². The first-order valence-electron chi connectivity index (χ1n) is 10.7. The average Bonchev–Trinajstić information content (AvgIpc) is 3.37. The summed E-state index contributed by atoms with van der Waals surface area (Å²) in [4.78, 5) is 9.63. The van der Waals surface area contributed by atoms with Gasteiger partial charge in [0.25, 0.3) is 0 Å². The molecule has 1 aromatic heterocycles. The fourth-order valence-electron chi connectivity index (χ4n) is 3.94. The average molecular weight is 543 g/mol. The van der Waals surface area contributed by atoms with Gasteiger partial charge >= 0.3 is 0 Å². The zero-order chi connectivity index (χ0) is 20.4. The number of fused-ring (bicyclic) bond motifs is 1. The van der Waals surface area contributed by atoms with Crippen LogP contribution in [0.15, 0.2) is 29.3 Å². The van der Waals surface area contributed by atoms with E-state index in [9.17, 15) is 0 Å². The number of guanidine groups is 1. The van der Waals surface area contributed by atoms with Crippen molar-refractivity contribution in [3.63, 3.8) is 0 Å². The molecule has 1 atom stereocenters. The van der Waals surface area contributed by atoms with Crippen LogP contribution in [-0.4, -0.2) is 39.9 Å². The Morgan fingerprint density at radius 3 is 2.83 bits per heavy atom. The van der Waals surface area contributed by atoms with Crippen molar-refractivity contribution < 1.29 is 0 Å². The normalized spacial score (nSPS) is 19.8. The standard InChI is InChI=1S/C22H31ClN6.HI/c1-4-24-21(25-14-22(10-11-22)16-6-5-7-17(23)12-16)26-18-8-9-19-27-20(15(2)3)28-29(19)13-18;/h5-7,12,15,18H,4,8-11,13-14H2,1-3H3,(H2,24,25,26);1H. The highest BCUT2D eigenvalue weighted by molar-refractivity contribution is 14.0. The van der Waals surface area contributed by atoms with Crippen LogP contribution in [0.2, 0.25) is 5.02 Å². The second-order valence-corrected chi connectivity index (χ2v) is 9.03. The van der Waals surface area contributed by atoms with Gasteiger partial charge in [-0.1, -0.05) is 37.6 Å². The molecule has 0 amide bonds. The van der Waals surface area contributed by atoms with Gasteiger partial charge in [0, 0.05) is 35.4 Å². The molecule has 1 saturated carbocycles. The largest absolute Gasteiger partial charge is 0.357 e. The predicted molar refractivity (Wildman–Crippen MR) is 133 cm³/mol. The minimum Gasteiger partial charge on any atom is -0.357 e. The van der Waals surface area contributed by atoms with E-state index < -0.39 is 0 Å². The molecule has 0 bridgehead atoms. The Morgan fingerprint density at radius 1 is 1.37 bits per heavy atom. The number of benzene rings is 1. The number of hydrogen-bond acceptors (Lipinski definition) is 3. The number of halogens is 2. The SMILES string of the molecule is CCNC(=NCC1(c2cccc(Cl)c2)CC1)NC1CCc2nc(C(C)C)nn2C1.I. The molecule has 2 aliphatic rings. The quantitative estimate of drug-likeness (QED) is 0.325. The predicted octanol–water partition coefficient (Wildman–Crippen LogP) is 4.27. The first-order chi connectivity index (χ1) is 14.0. The lowest BCUT2D eigenvalue weighted by Crippen LogP contribution is -2.47. The molecule has 0 radical (unpaired) electrons. The van der Waals surface area contributed by atoms with Crippen molar-refractivity contribution in [2.45, 2.75) is 70.4 Å². The Hall–Kier alpha value is -1.35. The summed E-state index contributed by atoms with van der Waals surface area (Å²) in [7, 11) is 0. The molecule has 1 fully saturated rings. The molecule has 6 nitrogen and oxygen atoms in total. The summed E-state index contributed by atoms with van der Waals surface area (Å²) in [6.07, 6.45) is 4.32. The fraction of sp³-hybridized carbons (Fsp3) is 0.591. The molecule has 2 N–H and O–H groups in total. The lowest BCUT2D eigenvalue weighted by Gasteiger charge is -2.25. The van der Waals surface area contributed by atoms with E-state index in [1.165, 1.54) is 18.4 Å². The summed E-state index contributed by atoms with van der Waals surface area (Å²) in [6.45, 7) is 8.84. The first-order valence-corrected chi connectivity index (χ1v) is 11.1. The van der Waals surface area contributed by atoms with Crippen molar-refractivity contribution in [3.05, 3.63) is 46.5 Å². The molecule has 2 heterocycles. The van der Waals surface area contributed by atoms with Gasteiger partial charge in [-0.05, 0) is 43.9 Å². The van der Waals surface area contributed by atoms with Gasteiger partial charge in [0.1, 0.15) is 5.82 Å². The van der Waals surface area contributed by atoms with E-state index in [4.69, 9.17) is 16.6 Å². The summed E-state index contributed by atoms with van der Waals surface area (Å²) >= 11 is 6.21. The second kappa shape index (κ2) is 9.85. The number of aryl methyl sites for hydroxylation is 1. The Kier molecular flexibility index (Phi) is 7.66. The maximum atomic E-state index is 6.21. The minimum atomic E-state index is 0. The van der Waals surface area contributed by atoms with E-state index in [2.05, 4.69) is 58.3 Å². The van der Waals surface area contributed by atoms with Crippen LogP contribution in [0.4, 0.5) is 0 Å². The van der Waals surface area contributed by atoms with Gasteiger partial charge in [-0.25, -0.2) is 9.67 Å². The molecule has 1 aliphatic carbocycles. The van der Waals surface area contributed by atoms with Crippen LogP contribution in [0.25, 0.3) is 0 Å². The Balaban J connectivity index is 0.00000256. The second-order valence-electron chi connectivity index (χ2n) is 8.59. The van der Waals surface area contributed by atoms with Crippen molar-refractivity contribution in [2.75, 3.05) is 13.1 Å². The van der Waals surface area contributed by atoms with E-state index in [0.29, 0.717) is 12.0 Å². The van der Waals surface area contributed by atoms with E-state index in [1.807, 2.05) is 12.1 Å². The zero-order valence-electron chi connectivity index (χ0n) is 18.0. The Bertz CT molecular complexity index is 890. The third kappa shape index (κ3) is 5.28. The molecular formula is C22H32ClIN6. The van der Waals surface area contributed by atoms with Crippen molar-refractivity contribution in [1.82, 2.24) is 25.4 Å². The maximum absolute atomic E-state index is 6.21. The fourth-order valence-corrected chi connectivity index (χ4v) is 4.13. The smallest absolute Gasteiger partial charge is 0.191 e. The summed E-state index contributed by atoms with van der Waals surface area (Å²) in [5.74, 6) is 3.29. The number of hydrogen-bond donors (Lipinski definition) is 2. The van der Waals surface area contributed by atoms with Crippen LogP contribution in [0.3, 0.4) is 0 Å².